The lowest BCUT2D eigenvalue weighted by Crippen LogP contribution is -2.55. The number of rotatable bonds is 10. The number of carbonyl (C=O) groups excluding carboxylic acids is 2. The average Bonchev–Trinajstić information content (AvgIpc) is 3.94. The molecule has 5 heterocycles. The summed E-state index contributed by atoms with van der Waals surface area (Å²) >= 11 is 0. The van der Waals surface area contributed by atoms with Crippen molar-refractivity contribution in [2.24, 2.45) is 5.92 Å². The van der Waals surface area contributed by atoms with E-state index in [1.165, 1.54) is 7.11 Å². The Kier molecular flexibility index (Phi) is 10.5. The summed E-state index contributed by atoms with van der Waals surface area (Å²) in [5.74, 6) is 2.39. The number of methoxy groups -OCH3 is 1. The van der Waals surface area contributed by atoms with Crippen LogP contribution < -0.4 is 10.1 Å². The summed E-state index contributed by atoms with van der Waals surface area (Å²) in [5, 5.41) is 5.09. The standard InChI is InChI=1S/C44H55N7O5/c1-8-9-24(2)50(6)22-39-46-35-14-12-28-19-34-32-13-11-29(18-31(32)23-55-38(34)20-33(28)41(35)48-39)36-21-45-42(47-36)37-15-10-25(3)51(37)43(52)40(49-44(53)54-7)30-16-26(4)56-27(5)17-30/h11-14,18-21,24-27,30,37,40H,8-10,15-17,22-23H2,1-7H3,(H,45,47)(H,46,48)(H,49,53)/t24-,25-,26+,27?,30?,37-,40?/m0/s1. The molecule has 0 radical (unpaired) electrons. The Morgan fingerprint density at radius 3 is 2.62 bits per heavy atom. The van der Waals surface area contributed by atoms with E-state index in [4.69, 9.17) is 24.2 Å². The van der Waals surface area contributed by atoms with E-state index in [1.54, 1.807) is 0 Å². The molecule has 3 unspecified atom stereocenters. The fraction of sp³-hybridized carbons (Fsp3) is 0.500. The minimum Gasteiger partial charge on any atom is -0.488 e. The van der Waals surface area contributed by atoms with Crippen LogP contribution in [0.1, 0.15) is 96.4 Å². The molecule has 0 saturated carbocycles. The number of carbonyl (C=O) groups is 2. The summed E-state index contributed by atoms with van der Waals surface area (Å²) in [7, 11) is 3.49. The molecule has 8 rings (SSSR count). The van der Waals surface area contributed by atoms with E-state index in [9.17, 15) is 9.59 Å². The minimum absolute atomic E-state index is 0.00850. The number of benzene rings is 3. The molecule has 3 aliphatic rings. The number of amides is 2. The SMILES string of the molecule is CCC[C@H](C)N(C)Cc1nc2c(ccc3cc4c(cc32)OCc2cc(-c3cnc([C@@H]5CC[C@H](C)N5C(=O)C(NC(=O)OC)C5CC(C)O[C@H](C)C5)[nH]3)ccc2-4)[nH]1. The smallest absolute Gasteiger partial charge is 0.407 e. The van der Waals surface area contributed by atoms with Crippen molar-refractivity contribution >= 4 is 33.8 Å². The highest BCUT2D eigenvalue weighted by Gasteiger charge is 2.44. The van der Waals surface area contributed by atoms with E-state index >= 15 is 0 Å². The van der Waals surface area contributed by atoms with Crippen molar-refractivity contribution in [3.8, 4) is 28.1 Å². The van der Waals surface area contributed by atoms with Crippen molar-refractivity contribution in [3.63, 3.8) is 0 Å². The molecule has 0 bridgehead atoms. The van der Waals surface area contributed by atoms with Gasteiger partial charge in [0.05, 0.1) is 54.8 Å². The van der Waals surface area contributed by atoms with E-state index in [0.29, 0.717) is 25.5 Å². The lowest BCUT2D eigenvalue weighted by Gasteiger charge is -2.39. The molecule has 2 amide bonds. The summed E-state index contributed by atoms with van der Waals surface area (Å²) in [6.07, 6.45) is 6.52. The minimum atomic E-state index is -0.719. The Morgan fingerprint density at radius 1 is 1.05 bits per heavy atom. The molecule has 12 heteroatoms. The third-order valence-electron chi connectivity index (χ3n) is 12.3. The zero-order chi connectivity index (χ0) is 39.2. The fourth-order valence-electron chi connectivity index (χ4n) is 9.34. The van der Waals surface area contributed by atoms with Crippen LogP contribution in [0.25, 0.3) is 44.2 Å². The number of ether oxygens (including phenoxy) is 3. The predicted octanol–water partition coefficient (Wildman–Crippen LogP) is 8.27. The maximum Gasteiger partial charge on any atom is 0.407 e. The van der Waals surface area contributed by atoms with Crippen molar-refractivity contribution in [1.29, 1.82) is 0 Å². The van der Waals surface area contributed by atoms with Crippen LogP contribution in [0.4, 0.5) is 4.79 Å². The average molecular weight is 762 g/mol. The molecular formula is C44H55N7O5. The van der Waals surface area contributed by atoms with Crippen molar-refractivity contribution in [2.45, 2.75) is 123 Å². The summed E-state index contributed by atoms with van der Waals surface area (Å²) in [6, 6.07) is 14.6. The highest BCUT2D eigenvalue weighted by molar-refractivity contribution is 6.07. The van der Waals surface area contributed by atoms with Gasteiger partial charge in [-0.1, -0.05) is 31.5 Å². The van der Waals surface area contributed by atoms with Gasteiger partial charge in [0, 0.05) is 23.0 Å². The van der Waals surface area contributed by atoms with Gasteiger partial charge in [-0.2, -0.15) is 0 Å². The largest absolute Gasteiger partial charge is 0.488 e. The molecule has 0 aliphatic carbocycles. The van der Waals surface area contributed by atoms with E-state index in [1.807, 2.05) is 24.9 Å². The molecule has 296 valence electrons. The van der Waals surface area contributed by atoms with Crippen LogP contribution in [0.15, 0.2) is 48.7 Å². The number of alkyl carbamates (subject to hydrolysis) is 1. The number of hydrogen-bond acceptors (Lipinski definition) is 8. The summed E-state index contributed by atoms with van der Waals surface area (Å²) in [6.45, 7) is 11.8. The van der Waals surface area contributed by atoms with Gasteiger partial charge in [0.25, 0.3) is 0 Å². The highest BCUT2D eigenvalue weighted by Crippen LogP contribution is 2.43. The van der Waals surface area contributed by atoms with Crippen LogP contribution in [0.2, 0.25) is 0 Å². The van der Waals surface area contributed by atoms with Crippen LogP contribution in [0.3, 0.4) is 0 Å². The molecule has 7 atom stereocenters. The van der Waals surface area contributed by atoms with Gasteiger partial charge in [-0.15, -0.1) is 0 Å². The van der Waals surface area contributed by atoms with Crippen LogP contribution >= 0.6 is 0 Å². The van der Waals surface area contributed by atoms with Crippen molar-refractivity contribution in [3.05, 3.63) is 65.9 Å². The third kappa shape index (κ3) is 7.25. The first-order valence-electron chi connectivity index (χ1n) is 20.3. The summed E-state index contributed by atoms with van der Waals surface area (Å²) in [5.41, 5.74) is 7.19. The maximum atomic E-state index is 14.4. The number of imidazole rings is 2. The van der Waals surface area contributed by atoms with E-state index in [2.05, 4.69) is 90.5 Å². The number of fused-ring (bicyclic) bond motifs is 6. The number of likely N-dealkylation sites (tertiary alicyclic amines) is 1. The molecule has 2 aromatic heterocycles. The molecule has 2 fully saturated rings. The zero-order valence-electron chi connectivity index (χ0n) is 33.6. The van der Waals surface area contributed by atoms with Gasteiger partial charge in [-0.05, 0) is 119 Å². The van der Waals surface area contributed by atoms with Gasteiger partial charge in [0.2, 0.25) is 5.91 Å². The normalized spacial score (nSPS) is 23.1. The molecule has 12 nitrogen and oxygen atoms in total. The second-order valence-electron chi connectivity index (χ2n) is 16.4. The van der Waals surface area contributed by atoms with Crippen LogP contribution in [0, 0.1) is 5.92 Å². The number of nitrogens with zero attached hydrogens (tertiary/aromatic N) is 4. The molecule has 3 aromatic carbocycles. The van der Waals surface area contributed by atoms with Gasteiger partial charge in [-0.25, -0.2) is 14.8 Å². The van der Waals surface area contributed by atoms with Crippen LogP contribution in [-0.2, 0) is 27.4 Å². The molecule has 2 saturated heterocycles. The first-order chi connectivity index (χ1) is 27.0. The molecule has 0 spiro atoms. The summed E-state index contributed by atoms with van der Waals surface area (Å²) < 4.78 is 17.4. The lowest BCUT2D eigenvalue weighted by molar-refractivity contribution is -0.140. The second kappa shape index (κ2) is 15.5. The molecule has 56 heavy (non-hydrogen) atoms. The van der Waals surface area contributed by atoms with Crippen LogP contribution in [0.5, 0.6) is 5.75 Å². The van der Waals surface area contributed by atoms with Crippen LogP contribution in [-0.4, -0.2) is 86.2 Å². The number of aromatic amines is 2. The Bertz CT molecular complexity index is 2240. The van der Waals surface area contributed by atoms with Gasteiger partial charge in [0.15, 0.2) is 0 Å². The predicted molar refractivity (Wildman–Crippen MR) is 217 cm³/mol. The lowest BCUT2D eigenvalue weighted by atomic mass is 9.85. The van der Waals surface area contributed by atoms with E-state index in [0.717, 1.165) is 99.4 Å². The monoisotopic (exact) mass is 761 g/mol. The number of nitrogens with one attached hydrogen (secondary N) is 3. The van der Waals surface area contributed by atoms with Gasteiger partial charge < -0.3 is 34.4 Å². The highest BCUT2D eigenvalue weighted by atomic mass is 16.5. The fourth-order valence-corrected chi connectivity index (χ4v) is 9.34. The van der Waals surface area contributed by atoms with Crippen molar-refractivity contribution < 1.29 is 23.8 Å². The first-order valence-corrected chi connectivity index (χ1v) is 20.3. The number of aromatic nitrogens is 4. The third-order valence-corrected chi connectivity index (χ3v) is 12.3. The topological polar surface area (TPSA) is 138 Å². The van der Waals surface area contributed by atoms with Gasteiger partial charge >= 0.3 is 6.09 Å². The van der Waals surface area contributed by atoms with E-state index < -0.39 is 12.1 Å². The molecule has 3 N–H and O–H groups in total. The maximum absolute atomic E-state index is 14.4. The van der Waals surface area contributed by atoms with Crippen molar-refractivity contribution in [2.75, 3.05) is 14.2 Å². The Labute approximate surface area is 328 Å². The number of hydrogen-bond donors (Lipinski definition) is 3. The Balaban J connectivity index is 1.03. The van der Waals surface area contributed by atoms with E-state index in [-0.39, 0.29) is 36.1 Å². The van der Waals surface area contributed by atoms with Gasteiger partial charge in [0.1, 0.15) is 30.0 Å². The second-order valence-corrected chi connectivity index (χ2v) is 16.4. The molecular weight excluding hydrogens is 707 g/mol. The zero-order valence-corrected chi connectivity index (χ0v) is 33.6. The first kappa shape index (κ1) is 38.0. The Hall–Kier alpha value is -4.94. The summed E-state index contributed by atoms with van der Waals surface area (Å²) in [4.78, 5) is 48.2. The van der Waals surface area contributed by atoms with Gasteiger partial charge in [-0.3, -0.25) is 9.69 Å². The van der Waals surface area contributed by atoms with Crippen molar-refractivity contribution in [1.82, 2.24) is 35.1 Å². The Morgan fingerprint density at radius 2 is 1.86 bits per heavy atom. The number of H-pyrrole nitrogens is 2. The quantitative estimate of drug-likeness (QED) is 0.129. The molecule has 5 aromatic rings. The molecule has 3 aliphatic heterocycles.